The zero-order valence-corrected chi connectivity index (χ0v) is 14.1. The number of rotatable bonds is 4. The highest BCUT2D eigenvalue weighted by Gasteiger charge is 2.40. The fraction of sp³-hybridized carbons (Fsp3) is 0.500. The SMILES string of the molecule is CC(C)C[C@@H]1NC(=O)N(CC(=O)N2CCCc3ccccc32)C1=O. The third kappa shape index (κ3) is 3.13. The summed E-state index contributed by atoms with van der Waals surface area (Å²) in [5, 5.41) is 2.68. The quantitative estimate of drug-likeness (QED) is 0.858. The number of nitrogens with one attached hydrogen (secondary N) is 1. The van der Waals surface area contributed by atoms with Gasteiger partial charge in [-0.05, 0) is 36.8 Å². The zero-order valence-electron chi connectivity index (χ0n) is 14.1. The van der Waals surface area contributed by atoms with Crippen LogP contribution in [0.2, 0.25) is 0 Å². The van der Waals surface area contributed by atoms with E-state index in [1.807, 2.05) is 38.1 Å². The lowest BCUT2D eigenvalue weighted by Crippen LogP contribution is -2.45. The van der Waals surface area contributed by atoms with Crippen LogP contribution in [0.1, 0.15) is 32.3 Å². The molecule has 2 aliphatic rings. The summed E-state index contributed by atoms with van der Waals surface area (Å²) in [7, 11) is 0. The number of urea groups is 1. The van der Waals surface area contributed by atoms with Gasteiger partial charge < -0.3 is 10.2 Å². The number of imide groups is 1. The number of carbonyl (C=O) groups is 3. The van der Waals surface area contributed by atoms with E-state index in [2.05, 4.69) is 5.32 Å². The van der Waals surface area contributed by atoms with Crippen LogP contribution < -0.4 is 10.2 Å². The van der Waals surface area contributed by atoms with E-state index >= 15 is 0 Å². The van der Waals surface area contributed by atoms with Crippen molar-refractivity contribution in [2.75, 3.05) is 18.0 Å². The lowest BCUT2D eigenvalue weighted by molar-refractivity contribution is -0.131. The van der Waals surface area contributed by atoms with E-state index in [0.29, 0.717) is 18.9 Å². The molecule has 3 rings (SSSR count). The second-order valence-electron chi connectivity index (χ2n) is 6.83. The normalized spacial score (nSPS) is 20.4. The third-order valence-electron chi connectivity index (χ3n) is 4.52. The minimum atomic E-state index is -0.515. The number of amides is 4. The van der Waals surface area contributed by atoms with Crippen LogP contribution in [0.15, 0.2) is 24.3 Å². The molecule has 1 aromatic rings. The summed E-state index contributed by atoms with van der Waals surface area (Å²) in [6, 6.07) is 6.81. The van der Waals surface area contributed by atoms with Crippen molar-refractivity contribution in [3.8, 4) is 0 Å². The van der Waals surface area contributed by atoms with Gasteiger partial charge in [0.05, 0.1) is 0 Å². The largest absolute Gasteiger partial charge is 0.326 e. The second-order valence-corrected chi connectivity index (χ2v) is 6.83. The number of fused-ring (bicyclic) bond motifs is 1. The summed E-state index contributed by atoms with van der Waals surface area (Å²) in [6.07, 6.45) is 2.42. The maximum Gasteiger partial charge on any atom is 0.325 e. The first kappa shape index (κ1) is 16.5. The van der Waals surface area contributed by atoms with Crippen LogP contribution in [-0.2, 0) is 16.0 Å². The molecule has 1 atom stereocenters. The highest BCUT2D eigenvalue weighted by Crippen LogP contribution is 2.27. The van der Waals surface area contributed by atoms with Gasteiger partial charge in [0.15, 0.2) is 0 Å². The van der Waals surface area contributed by atoms with E-state index in [1.165, 1.54) is 0 Å². The number of hydrogen-bond donors (Lipinski definition) is 1. The van der Waals surface area contributed by atoms with Gasteiger partial charge in [-0.25, -0.2) is 4.79 Å². The number of nitrogens with zero attached hydrogens (tertiary/aromatic N) is 2. The molecule has 1 saturated heterocycles. The van der Waals surface area contributed by atoms with Crippen LogP contribution in [0.5, 0.6) is 0 Å². The topological polar surface area (TPSA) is 69.7 Å². The van der Waals surface area contributed by atoms with Crippen LogP contribution >= 0.6 is 0 Å². The standard InChI is InChI=1S/C18H23N3O3/c1-12(2)10-14-17(23)21(18(24)19-14)11-16(22)20-9-5-7-13-6-3-4-8-15(13)20/h3-4,6,8,12,14H,5,7,9-11H2,1-2H3,(H,19,24)/t14-/m0/s1. The Morgan fingerprint density at radius 1 is 1.29 bits per heavy atom. The van der Waals surface area contributed by atoms with Crippen LogP contribution in [0.3, 0.4) is 0 Å². The van der Waals surface area contributed by atoms with Gasteiger partial charge in [-0.2, -0.15) is 0 Å². The Morgan fingerprint density at radius 3 is 2.79 bits per heavy atom. The average Bonchev–Trinajstić information content (AvgIpc) is 2.81. The Labute approximate surface area is 141 Å². The van der Waals surface area contributed by atoms with Crippen molar-refractivity contribution in [3.63, 3.8) is 0 Å². The Hall–Kier alpha value is -2.37. The molecule has 24 heavy (non-hydrogen) atoms. The van der Waals surface area contributed by atoms with Crippen molar-refractivity contribution < 1.29 is 14.4 Å². The molecule has 0 spiro atoms. The number of para-hydroxylation sites is 1. The molecule has 128 valence electrons. The number of hydrogen-bond acceptors (Lipinski definition) is 3. The smallest absolute Gasteiger partial charge is 0.325 e. The fourth-order valence-electron chi connectivity index (χ4n) is 3.37. The van der Waals surface area contributed by atoms with Crippen LogP contribution in [0.25, 0.3) is 0 Å². The van der Waals surface area contributed by atoms with E-state index in [-0.39, 0.29) is 18.4 Å². The molecule has 6 heteroatoms. The molecule has 1 fully saturated rings. The average molecular weight is 329 g/mol. The summed E-state index contributed by atoms with van der Waals surface area (Å²) >= 11 is 0. The molecule has 0 unspecified atom stereocenters. The monoisotopic (exact) mass is 329 g/mol. The molecule has 0 bridgehead atoms. The molecular weight excluding hydrogens is 306 g/mol. The zero-order chi connectivity index (χ0) is 17.3. The third-order valence-corrected chi connectivity index (χ3v) is 4.52. The number of anilines is 1. The van der Waals surface area contributed by atoms with Crippen molar-refractivity contribution in [3.05, 3.63) is 29.8 Å². The van der Waals surface area contributed by atoms with Gasteiger partial charge in [0.25, 0.3) is 5.91 Å². The van der Waals surface area contributed by atoms with Gasteiger partial charge in [0.2, 0.25) is 5.91 Å². The number of aryl methyl sites for hydroxylation is 1. The van der Waals surface area contributed by atoms with Crippen LogP contribution in [0.4, 0.5) is 10.5 Å². The molecule has 0 aromatic heterocycles. The van der Waals surface area contributed by atoms with Crippen molar-refractivity contribution in [2.24, 2.45) is 5.92 Å². The summed E-state index contributed by atoms with van der Waals surface area (Å²) in [5.41, 5.74) is 2.02. The molecule has 2 aliphatic heterocycles. The van der Waals surface area contributed by atoms with Crippen LogP contribution in [0, 0.1) is 5.92 Å². The van der Waals surface area contributed by atoms with E-state index in [9.17, 15) is 14.4 Å². The van der Waals surface area contributed by atoms with Gasteiger partial charge in [0, 0.05) is 12.2 Å². The van der Waals surface area contributed by atoms with Crippen molar-refractivity contribution >= 4 is 23.5 Å². The Morgan fingerprint density at radius 2 is 2.04 bits per heavy atom. The van der Waals surface area contributed by atoms with Gasteiger partial charge in [0.1, 0.15) is 12.6 Å². The first-order valence-corrected chi connectivity index (χ1v) is 8.47. The first-order valence-electron chi connectivity index (χ1n) is 8.47. The maximum absolute atomic E-state index is 12.7. The predicted molar refractivity (Wildman–Crippen MR) is 90.6 cm³/mol. The fourth-order valence-corrected chi connectivity index (χ4v) is 3.37. The Bertz CT molecular complexity index is 671. The van der Waals surface area contributed by atoms with Crippen molar-refractivity contribution in [2.45, 2.75) is 39.2 Å². The lowest BCUT2D eigenvalue weighted by atomic mass is 10.0. The predicted octanol–water partition coefficient (Wildman–Crippen LogP) is 1.93. The van der Waals surface area contributed by atoms with Crippen molar-refractivity contribution in [1.29, 1.82) is 0 Å². The summed E-state index contributed by atoms with van der Waals surface area (Å²) < 4.78 is 0. The summed E-state index contributed by atoms with van der Waals surface area (Å²) in [4.78, 5) is 39.9. The van der Waals surface area contributed by atoms with Gasteiger partial charge in [-0.1, -0.05) is 32.0 Å². The van der Waals surface area contributed by atoms with E-state index < -0.39 is 12.1 Å². The van der Waals surface area contributed by atoms with Crippen LogP contribution in [-0.4, -0.2) is 41.9 Å². The van der Waals surface area contributed by atoms with Gasteiger partial charge in [-0.15, -0.1) is 0 Å². The highest BCUT2D eigenvalue weighted by atomic mass is 16.2. The first-order chi connectivity index (χ1) is 11.5. The minimum absolute atomic E-state index is 0.201. The lowest BCUT2D eigenvalue weighted by Gasteiger charge is -2.30. The highest BCUT2D eigenvalue weighted by molar-refractivity contribution is 6.08. The molecule has 1 aromatic carbocycles. The van der Waals surface area contributed by atoms with Gasteiger partial charge >= 0.3 is 6.03 Å². The summed E-state index contributed by atoms with van der Waals surface area (Å²) in [5.74, 6) is -0.216. The Kier molecular flexibility index (Phi) is 4.55. The molecule has 0 aliphatic carbocycles. The molecule has 4 amide bonds. The van der Waals surface area contributed by atoms with E-state index in [4.69, 9.17) is 0 Å². The molecule has 6 nitrogen and oxygen atoms in total. The molecule has 0 saturated carbocycles. The Balaban J connectivity index is 1.72. The summed E-state index contributed by atoms with van der Waals surface area (Å²) in [6.45, 7) is 4.42. The molecule has 0 radical (unpaired) electrons. The molecular formula is C18H23N3O3. The number of benzene rings is 1. The second kappa shape index (κ2) is 6.63. The van der Waals surface area contributed by atoms with Gasteiger partial charge in [-0.3, -0.25) is 14.5 Å². The van der Waals surface area contributed by atoms with Crippen molar-refractivity contribution in [1.82, 2.24) is 10.2 Å². The maximum atomic E-state index is 12.7. The minimum Gasteiger partial charge on any atom is -0.326 e. The van der Waals surface area contributed by atoms with E-state index in [1.54, 1.807) is 4.90 Å². The van der Waals surface area contributed by atoms with E-state index in [0.717, 1.165) is 29.0 Å². The number of carbonyl (C=O) groups excluding carboxylic acids is 3. The molecule has 1 N–H and O–H groups in total. The molecule has 2 heterocycles.